The minimum absolute atomic E-state index is 0.0495. The Balaban J connectivity index is 1.57. The third kappa shape index (κ3) is 7.52. The van der Waals surface area contributed by atoms with E-state index in [1.54, 1.807) is 11.1 Å². The topological polar surface area (TPSA) is 119 Å². The molecule has 2 heterocycles. The molecule has 0 atom stereocenters. The maximum atomic E-state index is 14.1. The van der Waals surface area contributed by atoms with E-state index in [1.165, 1.54) is 6.07 Å². The zero-order valence-electron chi connectivity index (χ0n) is 24.1. The van der Waals surface area contributed by atoms with Crippen molar-refractivity contribution < 1.29 is 14.7 Å². The monoisotopic (exact) mass is 567 g/mol. The van der Waals surface area contributed by atoms with Gasteiger partial charge in [0.2, 0.25) is 5.91 Å². The molecule has 0 aliphatic heterocycles. The van der Waals surface area contributed by atoms with Crippen LogP contribution >= 0.6 is 11.3 Å². The number of hydrazine groups is 1. The van der Waals surface area contributed by atoms with Gasteiger partial charge in [-0.05, 0) is 90.2 Å². The summed E-state index contributed by atoms with van der Waals surface area (Å²) in [5.74, 6) is 6.52. The summed E-state index contributed by atoms with van der Waals surface area (Å²) in [5.41, 5.74) is 3.47. The summed E-state index contributed by atoms with van der Waals surface area (Å²) >= 11 is 1.15. The van der Waals surface area contributed by atoms with Crippen molar-refractivity contribution in [2.24, 2.45) is 17.3 Å². The van der Waals surface area contributed by atoms with Crippen molar-refractivity contribution in [3.05, 3.63) is 38.3 Å². The summed E-state index contributed by atoms with van der Waals surface area (Å²) in [4.78, 5) is 40.5. The third-order valence-corrected chi connectivity index (χ3v) is 8.80. The van der Waals surface area contributed by atoms with E-state index in [1.807, 2.05) is 38.8 Å². The van der Waals surface area contributed by atoms with Gasteiger partial charge in [-0.15, -0.1) is 11.3 Å². The lowest BCUT2D eigenvalue weighted by Crippen LogP contribution is -2.50. The lowest BCUT2D eigenvalue weighted by molar-refractivity contribution is -0.124. The van der Waals surface area contributed by atoms with Crippen LogP contribution in [-0.2, 0) is 4.79 Å². The van der Waals surface area contributed by atoms with Crippen LogP contribution in [0.1, 0.15) is 93.6 Å². The second-order valence-corrected chi connectivity index (χ2v) is 13.3. The smallest absolute Gasteiger partial charge is 0.348 e. The Morgan fingerprint density at radius 2 is 1.77 bits per heavy atom. The van der Waals surface area contributed by atoms with Crippen molar-refractivity contribution in [2.45, 2.75) is 91.1 Å². The number of hydrogen-bond donors (Lipinski definition) is 3. The predicted molar refractivity (Wildman–Crippen MR) is 159 cm³/mol. The van der Waals surface area contributed by atoms with Gasteiger partial charge in [0.25, 0.3) is 5.56 Å². The number of aromatic amines is 1. The molecule has 3 N–H and O–H groups in total. The third-order valence-electron chi connectivity index (χ3n) is 7.78. The van der Waals surface area contributed by atoms with E-state index in [9.17, 15) is 19.5 Å². The van der Waals surface area contributed by atoms with Crippen LogP contribution in [0.3, 0.4) is 0 Å². The van der Waals surface area contributed by atoms with Crippen molar-refractivity contribution in [2.75, 3.05) is 17.0 Å². The number of nitrogens with zero attached hydrogens (tertiary/aromatic N) is 3. The molecular weight excluding hydrogens is 526 g/mol. The number of carbonyl (C=O) groups is 2. The molecule has 40 heavy (non-hydrogen) atoms. The minimum Gasteiger partial charge on any atom is -0.477 e. The van der Waals surface area contributed by atoms with E-state index >= 15 is 0 Å². The van der Waals surface area contributed by atoms with Gasteiger partial charge in [0.15, 0.2) is 5.82 Å². The molecule has 2 aliphatic carbocycles. The van der Waals surface area contributed by atoms with Gasteiger partial charge in [0.1, 0.15) is 4.88 Å². The number of anilines is 2. The van der Waals surface area contributed by atoms with Gasteiger partial charge in [-0.25, -0.2) is 15.3 Å². The van der Waals surface area contributed by atoms with Crippen LogP contribution in [0.5, 0.6) is 0 Å². The first kappa shape index (κ1) is 29.8. The summed E-state index contributed by atoms with van der Waals surface area (Å²) < 4.78 is 0. The number of aromatic carboxylic acids is 1. The van der Waals surface area contributed by atoms with Gasteiger partial charge in [-0.2, -0.15) is 5.10 Å². The highest BCUT2D eigenvalue weighted by atomic mass is 32.1. The molecule has 0 unspecified atom stereocenters. The first-order chi connectivity index (χ1) is 18.9. The Hall–Kier alpha value is -3.16. The van der Waals surface area contributed by atoms with Crippen molar-refractivity contribution in [3.8, 4) is 11.8 Å². The summed E-state index contributed by atoms with van der Waals surface area (Å²) in [6.07, 6.45) is 6.84. The first-order valence-corrected chi connectivity index (χ1v) is 15.0. The highest BCUT2D eigenvalue weighted by Crippen LogP contribution is 2.39. The second-order valence-electron chi connectivity index (χ2n) is 12.3. The molecule has 0 saturated heterocycles. The van der Waals surface area contributed by atoms with E-state index in [4.69, 9.17) is 0 Å². The largest absolute Gasteiger partial charge is 0.477 e. The molecule has 10 heteroatoms. The fourth-order valence-electron chi connectivity index (χ4n) is 5.55. The Morgan fingerprint density at radius 3 is 2.35 bits per heavy atom. The normalized spacial score (nSPS) is 23.1. The highest BCUT2D eigenvalue weighted by molar-refractivity contribution is 7.15. The van der Waals surface area contributed by atoms with Crippen LogP contribution in [0, 0.1) is 29.1 Å². The van der Waals surface area contributed by atoms with E-state index in [2.05, 4.69) is 34.4 Å². The first-order valence-electron chi connectivity index (χ1n) is 14.2. The van der Waals surface area contributed by atoms with Crippen molar-refractivity contribution >= 4 is 34.7 Å². The van der Waals surface area contributed by atoms with Crippen molar-refractivity contribution in [1.82, 2.24) is 15.6 Å². The molecule has 0 aromatic carbocycles. The van der Waals surface area contributed by atoms with E-state index in [0.29, 0.717) is 22.3 Å². The molecule has 0 bridgehead atoms. The van der Waals surface area contributed by atoms with E-state index < -0.39 is 5.97 Å². The quantitative estimate of drug-likeness (QED) is 0.317. The molecule has 2 saturated carbocycles. The van der Waals surface area contributed by atoms with E-state index in [0.717, 1.165) is 62.7 Å². The van der Waals surface area contributed by atoms with E-state index in [-0.39, 0.29) is 39.8 Å². The summed E-state index contributed by atoms with van der Waals surface area (Å²) in [7, 11) is 1.86. The predicted octanol–water partition coefficient (Wildman–Crippen LogP) is 5.04. The lowest BCUT2D eigenvalue weighted by Gasteiger charge is -2.40. The molecule has 2 aliphatic rings. The van der Waals surface area contributed by atoms with Crippen LogP contribution in [0.2, 0.25) is 0 Å². The number of H-pyrrole nitrogens is 1. The molecule has 9 nitrogen and oxygen atoms in total. The fraction of sp³-hybridized carbons (Fsp3) is 0.600. The molecular formula is C30H41N5O4S. The maximum Gasteiger partial charge on any atom is 0.348 e. The molecule has 2 aromatic heterocycles. The zero-order valence-corrected chi connectivity index (χ0v) is 24.9. The molecule has 2 aromatic rings. The molecule has 1 amide bonds. The van der Waals surface area contributed by atoms with Crippen molar-refractivity contribution in [3.63, 3.8) is 0 Å². The molecule has 0 radical (unpaired) electrons. The summed E-state index contributed by atoms with van der Waals surface area (Å²) in [6.45, 7) is 8.28. The number of rotatable bonds is 7. The van der Waals surface area contributed by atoms with Gasteiger partial charge in [-0.3, -0.25) is 14.6 Å². The fourth-order valence-corrected chi connectivity index (χ4v) is 6.39. The van der Waals surface area contributed by atoms with Crippen molar-refractivity contribution in [1.29, 1.82) is 0 Å². The average molecular weight is 568 g/mol. The Morgan fingerprint density at radius 1 is 1.10 bits per heavy atom. The molecule has 2 fully saturated rings. The van der Waals surface area contributed by atoms with Crippen LogP contribution in [-0.4, -0.2) is 46.3 Å². The lowest BCUT2D eigenvalue weighted by atomic mass is 9.81. The Bertz CT molecular complexity index is 1300. The summed E-state index contributed by atoms with van der Waals surface area (Å²) in [5, 5.41) is 18.5. The number of aromatic nitrogens is 2. The Labute approximate surface area is 240 Å². The van der Waals surface area contributed by atoms with Crippen LogP contribution < -0.4 is 20.9 Å². The SMILES string of the molecule is CC1CCC(C(=O)N(c2cc(C#CC(C)(C)C)sc2C(=O)O)[C@H]2CC[C@@H](NN(C)c3ccc(=O)[nH]n3)CC2)CC1. The van der Waals surface area contributed by atoms with Gasteiger partial charge in [-0.1, -0.05) is 18.8 Å². The van der Waals surface area contributed by atoms with Crippen LogP contribution in [0.25, 0.3) is 0 Å². The maximum absolute atomic E-state index is 14.1. The highest BCUT2D eigenvalue weighted by Gasteiger charge is 2.37. The number of carbonyl (C=O) groups excluding carboxylic acids is 1. The molecule has 4 rings (SSSR count). The zero-order chi connectivity index (χ0) is 29.0. The van der Waals surface area contributed by atoms with Gasteiger partial charge < -0.3 is 10.0 Å². The second kappa shape index (κ2) is 12.6. The number of carboxylic acid groups (broad SMARTS) is 1. The number of amides is 1. The number of thiophene rings is 1. The standard InChI is InChI=1S/C30H41N5O4S/c1-19-6-8-20(9-7-19)28(37)35(24-18-23(16-17-30(2,3)4)40-27(24)29(38)39)22-12-10-21(11-13-22)33-34(5)25-14-15-26(36)32-31-25/h14-15,18-22,33H,6-13H2,1-5H3,(H,32,36)(H,38,39)/t19?,20?,21-,22+. The Kier molecular flexibility index (Phi) is 9.37. The van der Waals surface area contributed by atoms with Gasteiger partial charge >= 0.3 is 5.97 Å². The summed E-state index contributed by atoms with van der Waals surface area (Å²) in [6, 6.07) is 4.99. The number of hydrogen-bond acceptors (Lipinski definition) is 7. The van der Waals surface area contributed by atoms with Gasteiger partial charge in [0, 0.05) is 36.5 Å². The van der Waals surface area contributed by atoms with Crippen LogP contribution in [0.15, 0.2) is 23.0 Å². The minimum atomic E-state index is -1.02. The van der Waals surface area contributed by atoms with Gasteiger partial charge in [0.05, 0.1) is 10.6 Å². The number of nitrogens with one attached hydrogen (secondary N) is 2. The molecule has 0 spiro atoms. The average Bonchev–Trinajstić information content (AvgIpc) is 3.33. The molecule has 216 valence electrons. The van der Waals surface area contributed by atoms with Crippen LogP contribution in [0.4, 0.5) is 11.5 Å². The number of carboxylic acids is 1.